The van der Waals surface area contributed by atoms with Crippen LogP contribution in [0.25, 0.3) is 11.3 Å². The average molecular weight is 302 g/mol. The van der Waals surface area contributed by atoms with Crippen LogP contribution < -0.4 is 0 Å². The highest BCUT2D eigenvalue weighted by atomic mass is 35.5. The summed E-state index contributed by atoms with van der Waals surface area (Å²) in [5.74, 6) is 0.214. The zero-order valence-electron chi connectivity index (χ0n) is 9.92. The Morgan fingerprint density at radius 1 is 0.944 bits per heavy atom. The molecule has 0 amide bonds. The maximum Gasteiger partial charge on any atom is 0.136 e. The first-order valence-corrected chi connectivity index (χ1v) is 6.59. The number of nitrogens with zero attached hydrogens (tertiary/aromatic N) is 2. The first-order chi connectivity index (χ1) is 8.49. The third-order valence-electron chi connectivity index (χ3n) is 2.55. The minimum atomic E-state index is 0.214. The second-order valence-electron chi connectivity index (χ2n) is 4.24. The Hall–Kier alpha value is -0.830. The molecule has 0 unspecified atom stereocenters. The van der Waals surface area contributed by atoms with E-state index < -0.39 is 0 Å². The summed E-state index contributed by atoms with van der Waals surface area (Å²) in [5.41, 5.74) is 2.52. The zero-order valence-corrected chi connectivity index (χ0v) is 12.2. The van der Waals surface area contributed by atoms with E-state index in [9.17, 15) is 0 Å². The van der Waals surface area contributed by atoms with Crippen molar-refractivity contribution in [3.05, 3.63) is 45.3 Å². The van der Waals surface area contributed by atoms with Gasteiger partial charge in [-0.25, -0.2) is 9.97 Å². The fourth-order valence-electron chi connectivity index (χ4n) is 1.81. The molecule has 1 heterocycles. The summed E-state index contributed by atoms with van der Waals surface area (Å²) in [6, 6.07) is 5.32. The number of halogens is 3. The number of rotatable bonds is 2. The van der Waals surface area contributed by atoms with Crippen molar-refractivity contribution < 1.29 is 0 Å². The fourth-order valence-corrected chi connectivity index (χ4v) is 2.68. The highest BCUT2D eigenvalue weighted by Gasteiger charge is 2.15. The Bertz CT molecular complexity index is 562. The summed E-state index contributed by atoms with van der Waals surface area (Å²) < 4.78 is 0. The van der Waals surface area contributed by atoms with Crippen LogP contribution in [0.4, 0.5) is 0 Å². The van der Waals surface area contributed by atoms with Gasteiger partial charge in [-0.15, -0.1) is 0 Å². The molecule has 2 rings (SSSR count). The van der Waals surface area contributed by atoms with Crippen molar-refractivity contribution in [3.8, 4) is 11.3 Å². The van der Waals surface area contributed by atoms with Gasteiger partial charge >= 0.3 is 0 Å². The van der Waals surface area contributed by atoms with Crippen molar-refractivity contribution in [2.45, 2.75) is 19.8 Å². The maximum atomic E-state index is 6.14. The number of hydrogen-bond donors (Lipinski definition) is 0. The van der Waals surface area contributed by atoms with Crippen LogP contribution in [0.2, 0.25) is 15.2 Å². The Balaban J connectivity index is 2.67. The summed E-state index contributed by atoms with van der Waals surface area (Å²) in [7, 11) is 0. The predicted molar refractivity (Wildman–Crippen MR) is 76.6 cm³/mol. The standard InChI is InChI=1S/C13H11Cl3N2/c1-7(2)11-12(17-6-18-13(11)16)8-3-9(14)5-10(15)4-8/h3-7H,1-2H3. The van der Waals surface area contributed by atoms with Gasteiger partial charge in [0, 0.05) is 21.2 Å². The quantitative estimate of drug-likeness (QED) is 0.710. The Morgan fingerprint density at radius 2 is 1.56 bits per heavy atom. The largest absolute Gasteiger partial charge is 0.236 e. The van der Waals surface area contributed by atoms with Crippen molar-refractivity contribution in [1.29, 1.82) is 0 Å². The van der Waals surface area contributed by atoms with Crippen LogP contribution in [-0.4, -0.2) is 9.97 Å². The molecule has 18 heavy (non-hydrogen) atoms. The van der Waals surface area contributed by atoms with Crippen LogP contribution >= 0.6 is 34.8 Å². The third-order valence-corrected chi connectivity index (χ3v) is 3.29. The van der Waals surface area contributed by atoms with Crippen molar-refractivity contribution in [2.24, 2.45) is 0 Å². The topological polar surface area (TPSA) is 25.8 Å². The van der Waals surface area contributed by atoms with Crippen LogP contribution in [0.15, 0.2) is 24.5 Å². The Labute approximate surface area is 121 Å². The Kier molecular flexibility index (Phi) is 4.10. The molecule has 0 aliphatic rings. The van der Waals surface area contributed by atoms with E-state index in [2.05, 4.69) is 9.97 Å². The summed E-state index contributed by atoms with van der Waals surface area (Å²) in [6.45, 7) is 4.08. The molecular weight excluding hydrogens is 291 g/mol. The molecule has 0 N–H and O–H groups in total. The molecular formula is C13H11Cl3N2. The molecule has 0 radical (unpaired) electrons. The number of hydrogen-bond acceptors (Lipinski definition) is 2. The molecule has 1 aromatic carbocycles. The summed E-state index contributed by atoms with van der Waals surface area (Å²) >= 11 is 18.2. The molecule has 0 aliphatic heterocycles. The van der Waals surface area contributed by atoms with E-state index in [0.717, 1.165) is 16.8 Å². The second kappa shape index (κ2) is 5.43. The molecule has 0 spiro atoms. The molecule has 0 bridgehead atoms. The van der Waals surface area contributed by atoms with Gasteiger partial charge in [0.15, 0.2) is 0 Å². The van der Waals surface area contributed by atoms with Gasteiger partial charge in [0.2, 0.25) is 0 Å². The van der Waals surface area contributed by atoms with Gasteiger partial charge in [0.1, 0.15) is 11.5 Å². The van der Waals surface area contributed by atoms with E-state index in [1.54, 1.807) is 6.07 Å². The lowest BCUT2D eigenvalue weighted by Gasteiger charge is -2.13. The van der Waals surface area contributed by atoms with Gasteiger partial charge < -0.3 is 0 Å². The van der Waals surface area contributed by atoms with Crippen LogP contribution in [0.3, 0.4) is 0 Å². The zero-order chi connectivity index (χ0) is 13.3. The van der Waals surface area contributed by atoms with Gasteiger partial charge in [0.05, 0.1) is 5.69 Å². The monoisotopic (exact) mass is 300 g/mol. The lowest BCUT2D eigenvalue weighted by molar-refractivity contribution is 0.850. The first-order valence-electron chi connectivity index (χ1n) is 5.46. The van der Waals surface area contributed by atoms with Crippen molar-refractivity contribution in [2.75, 3.05) is 0 Å². The molecule has 0 saturated heterocycles. The van der Waals surface area contributed by atoms with Crippen molar-refractivity contribution in [1.82, 2.24) is 9.97 Å². The number of aromatic nitrogens is 2. The molecule has 0 saturated carbocycles. The molecule has 94 valence electrons. The number of benzene rings is 1. The lowest BCUT2D eigenvalue weighted by atomic mass is 9.99. The molecule has 2 aromatic rings. The fraction of sp³-hybridized carbons (Fsp3) is 0.231. The van der Waals surface area contributed by atoms with Gasteiger partial charge in [-0.3, -0.25) is 0 Å². The first kappa shape index (κ1) is 13.6. The van der Waals surface area contributed by atoms with Crippen LogP contribution in [0.5, 0.6) is 0 Å². The van der Waals surface area contributed by atoms with E-state index in [0.29, 0.717) is 15.2 Å². The predicted octanol–water partition coefficient (Wildman–Crippen LogP) is 5.23. The Morgan fingerprint density at radius 3 is 2.11 bits per heavy atom. The van der Waals surface area contributed by atoms with Gasteiger partial charge in [-0.2, -0.15) is 0 Å². The highest BCUT2D eigenvalue weighted by molar-refractivity contribution is 6.35. The molecule has 2 nitrogen and oxygen atoms in total. The molecule has 0 atom stereocenters. The normalized spacial score (nSPS) is 11.0. The highest BCUT2D eigenvalue weighted by Crippen LogP contribution is 2.34. The van der Waals surface area contributed by atoms with E-state index in [4.69, 9.17) is 34.8 Å². The molecule has 5 heteroatoms. The van der Waals surface area contributed by atoms with E-state index in [1.807, 2.05) is 26.0 Å². The van der Waals surface area contributed by atoms with Crippen LogP contribution in [0, 0.1) is 0 Å². The van der Waals surface area contributed by atoms with Gasteiger partial charge in [-0.1, -0.05) is 48.7 Å². The maximum absolute atomic E-state index is 6.14. The lowest BCUT2D eigenvalue weighted by Crippen LogP contribution is -1.99. The van der Waals surface area contributed by atoms with Gasteiger partial charge in [0.25, 0.3) is 0 Å². The van der Waals surface area contributed by atoms with Crippen molar-refractivity contribution in [3.63, 3.8) is 0 Å². The minimum Gasteiger partial charge on any atom is -0.236 e. The average Bonchev–Trinajstić information content (AvgIpc) is 2.26. The summed E-state index contributed by atoms with van der Waals surface area (Å²) in [4.78, 5) is 8.32. The SMILES string of the molecule is CC(C)c1c(Cl)ncnc1-c1cc(Cl)cc(Cl)c1. The van der Waals surface area contributed by atoms with Crippen molar-refractivity contribution >= 4 is 34.8 Å². The summed E-state index contributed by atoms with van der Waals surface area (Å²) in [6.07, 6.45) is 1.44. The third kappa shape index (κ3) is 2.77. The van der Waals surface area contributed by atoms with Crippen LogP contribution in [0.1, 0.15) is 25.3 Å². The van der Waals surface area contributed by atoms with E-state index >= 15 is 0 Å². The molecule has 1 aromatic heterocycles. The minimum absolute atomic E-state index is 0.214. The smallest absolute Gasteiger partial charge is 0.136 e. The van der Waals surface area contributed by atoms with Gasteiger partial charge in [-0.05, 0) is 24.1 Å². The van der Waals surface area contributed by atoms with Crippen LogP contribution in [-0.2, 0) is 0 Å². The van der Waals surface area contributed by atoms with E-state index in [-0.39, 0.29) is 5.92 Å². The second-order valence-corrected chi connectivity index (χ2v) is 5.47. The molecule has 0 aliphatic carbocycles. The molecule has 0 fully saturated rings. The summed E-state index contributed by atoms with van der Waals surface area (Å²) in [5, 5.41) is 1.61. The van der Waals surface area contributed by atoms with E-state index in [1.165, 1.54) is 6.33 Å².